The number of ether oxygens (including phenoxy) is 2. The highest BCUT2D eigenvalue weighted by Crippen LogP contribution is 2.37. The van der Waals surface area contributed by atoms with Gasteiger partial charge in [-0.25, -0.2) is 0 Å². The van der Waals surface area contributed by atoms with Gasteiger partial charge in [-0.3, -0.25) is 9.69 Å². The molecule has 1 saturated carbocycles. The molecule has 0 radical (unpaired) electrons. The van der Waals surface area contributed by atoms with Gasteiger partial charge in [0.1, 0.15) is 5.75 Å². The highest BCUT2D eigenvalue weighted by Gasteiger charge is 2.42. The molecule has 1 amide bonds. The fourth-order valence-corrected chi connectivity index (χ4v) is 3.96. The van der Waals surface area contributed by atoms with Crippen LogP contribution in [0.1, 0.15) is 36.5 Å². The van der Waals surface area contributed by atoms with Crippen LogP contribution in [0.15, 0.2) is 24.3 Å². The van der Waals surface area contributed by atoms with Crippen LogP contribution in [-0.2, 0) is 4.74 Å². The molecule has 3 fully saturated rings. The van der Waals surface area contributed by atoms with Crippen LogP contribution in [-0.4, -0.2) is 55.3 Å². The van der Waals surface area contributed by atoms with E-state index in [0.29, 0.717) is 30.1 Å². The zero-order valence-corrected chi connectivity index (χ0v) is 14.2. The molecule has 5 heteroatoms. The van der Waals surface area contributed by atoms with E-state index in [1.54, 1.807) is 0 Å². The summed E-state index contributed by atoms with van der Waals surface area (Å²) in [7, 11) is 0. The van der Waals surface area contributed by atoms with Crippen molar-refractivity contribution in [3.05, 3.63) is 29.8 Å². The van der Waals surface area contributed by atoms with E-state index in [4.69, 9.17) is 9.47 Å². The molecule has 0 aromatic heterocycles. The molecule has 1 aliphatic carbocycles. The molecule has 2 aliphatic heterocycles. The van der Waals surface area contributed by atoms with E-state index in [-0.39, 0.29) is 11.9 Å². The third kappa shape index (κ3) is 3.28. The standard InChI is InChI=1S/C19H26N2O3/c1-2-23-17-6-4-3-5-16(17)19(22)20-14-9-15-12-24-18(13-7-8-13)11-21(15)10-14/h3-6,13-15,18H,2,7-12H2,1H3,(H,20,22)/t14-,15-,18+/m0/s1. The fourth-order valence-electron chi connectivity index (χ4n) is 3.96. The number of hydrogen-bond donors (Lipinski definition) is 1. The minimum atomic E-state index is -0.0384. The number of rotatable bonds is 5. The van der Waals surface area contributed by atoms with Gasteiger partial charge in [0.2, 0.25) is 0 Å². The second kappa shape index (κ2) is 6.73. The van der Waals surface area contributed by atoms with Crippen LogP contribution >= 0.6 is 0 Å². The summed E-state index contributed by atoms with van der Waals surface area (Å²) >= 11 is 0. The number of nitrogens with one attached hydrogen (secondary N) is 1. The largest absolute Gasteiger partial charge is 0.493 e. The van der Waals surface area contributed by atoms with Crippen molar-refractivity contribution < 1.29 is 14.3 Å². The van der Waals surface area contributed by atoms with Gasteiger partial charge in [-0.1, -0.05) is 12.1 Å². The first kappa shape index (κ1) is 15.9. The number of fused-ring (bicyclic) bond motifs is 1. The number of hydrogen-bond acceptors (Lipinski definition) is 4. The van der Waals surface area contributed by atoms with E-state index in [1.807, 2.05) is 31.2 Å². The Morgan fingerprint density at radius 1 is 1.33 bits per heavy atom. The van der Waals surface area contributed by atoms with Crippen LogP contribution < -0.4 is 10.1 Å². The Hall–Kier alpha value is -1.59. The first-order chi connectivity index (χ1) is 11.7. The van der Waals surface area contributed by atoms with E-state index in [0.717, 1.165) is 32.0 Å². The van der Waals surface area contributed by atoms with Crippen molar-refractivity contribution in [2.75, 3.05) is 26.3 Å². The molecular formula is C19H26N2O3. The maximum Gasteiger partial charge on any atom is 0.255 e. The van der Waals surface area contributed by atoms with Gasteiger partial charge in [0, 0.05) is 25.2 Å². The van der Waals surface area contributed by atoms with Crippen LogP contribution in [0, 0.1) is 5.92 Å². The van der Waals surface area contributed by atoms with Gasteiger partial charge in [0.25, 0.3) is 5.91 Å². The number of carbonyl (C=O) groups excluding carboxylic acids is 1. The minimum absolute atomic E-state index is 0.0384. The molecule has 24 heavy (non-hydrogen) atoms. The molecule has 3 aliphatic rings. The van der Waals surface area contributed by atoms with Gasteiger partial charge in [-0.15, -0.1) is 0 Å². The van der Waals surface area contributed by atoms with Gasteiger partial charge in [0.15, 0.2) is 0 Å². The van der Waals surface area contributed by atoms with E-state index in [9.17, 15) is 4.79 Å². The van der Waals surface area contributed by atoms with Crippen LogP contribution in [0.2, 0.25) is 0 Å². The van der Waals surface area contributed by atoms with Gasteiger partial charge in [0.05, 0.1) is 24.9 Å². The Kier molecular flexibility index (Phi) is 4.46. The zero-order chi connectivity index (χ0) is 16.5. The summed E-state index contributed by atoms with van der Waals surface area (Å²) in [5.41, 5.74) is 0.622. The number of amides is 1. The number of benzene rings is 1. The van der Waals surface area contributed by atoms with Crippen molar-refractivity contribution in [3.8, 4) is 5.75 Å². The predicted molar refractivity (Wildman–Crippen MR) is 91.3 cm³/mol. The van der Waals surface area contributed by atoms with Crippen molar-refractivity contribution in [2.24, 2.45) is 5.92 Å². The minimum Gasteiger partial charge on any atom is -0.493 e. The lowest BCUT2D eigenvalue weighted by Gasteiger charge is -2.35. The highest BCUT2D eigenvalue weighted by molar-refractivity contribution is 5.97. The summed E-state index contributed by atoms with van der Waals surface area (Å²) in [4.78, 5) is 15.1. The van der Waals surface area contributed by atoms with Gasteiger partial charge in [-0.05, 0) is 44.2 Å². The van der Waals surface area contributed by atoms with Crippen molar-refractivity contribution in [3.63, 3.8) is 0 Å². The van der Waals surface area contributed by atoms with Gasteiger partial charge in [-0.2, -0.15) is 0 Å². The average Bonchev–Trinajstić information content (AvgIpc) is 3.36. The number of morpholine rings is 1. The predicted octanol–water partition coefficient (Wildman–Crippen LogP) is 2.07. The molecule has 0 bridgehead atoms. The maximum absolute atomic E-state index is 12.6. The Morgan fingerprint density at radius 2 is 2.17 bits per heavy atom. The monoisotopic (exact) mass is 330 g/mol. The molecule has 1 aromatic carbocycles. The Balaban J connectivity index is 1.37. The summed E-state index contributed by atoms with van der Waals surface area (Å²) < 4.78 is 11.6. The molecule has 130 valence electrons. The van der Waals surface area contributed by atoms with E-state index in [1.165, 1.54) is 12.8 Å². The molecule has 4 rings (SSSR count). The maximum atomic E-state index is 12.6. The Bertz CT molecular complexity index is 602. The zero-order valence-electron chi connectivity index (χ0n) is 14.2. The average molecular weight is 330 g/mol. The van der Waals surface area contributed by atoms with Crippen LogP contribution in [0.25, 0.3) is 0 Å². The van der Waals surface area contributed by atoms with E-state index in [2.05, 4.69) is 10.2 Å². The molecular weight excluding hydrogens is 304 g/mol. The Morgan fingerprint density at radius 3 is 2.96 bits per heavy atom. The normalized spacial score (nSPS) is 30.0. The quantitative estimate of drug-likeness (QED) is 0.898. The second-order valence-corrected chi connectivity index (χ2v) is 7.15. The summed E-state index contributed by atoms with van der Waals surface area (Å²) in [6.07, 6.45) is 4.02. The second-order valence-electron chi connectivity index (χ2n) is 7.15. The molecule has 2 saturated heterocycles. The van der Waals surface area contributed by atoms with Crippen molar-refractivity contribution in [1.29, 1.82) is 0 Å². The van der Waals surface area contributed by atoms with Crippen molar-refractivity contribution in [2.45, 2.75) is 44.4 Å². The van der Waals surface area contributed by atoms with Crippen molar-refractivity contribution in [1.82, 2.24) is 10.2 Å². The third-order valence-corrected chi connectivity index (χ3v) is 5.36. The summed E-state index contributed by atoms with van der Waals surface area (Å²) in [6, 6.07) is 8.10. The first-order valence-electron chi connectivity index (χ1n) is 9.13. The van der Waals surface area contributed by atoms with E-state index < -0.39 is 0 Å². The fraction of sp³-hybridized carbons (Fsp3) is 0.632. The molecule has 1 N–H and O–H groups in total. The summed E-state index contributed by atoms with van der Waals surface area (Å²) in [5, 5.41) is 3.19. The summed E-state index contributed by atoms with van der Waals surface area (Å²) in [5.74, 6) is 1.39. The molecule has 0 unspecified atom stereocenters. The topological polar surface area (TPSA) is 50.8 Å². The van der Waals surface area contributed by atoms with E-state index >= 15 is 0 Å². The molecule has 5 nitrogen and oxygen atoms in total. The SMILES string of the molecule is CCOc1ccccc1C(=O)N[C@H]1C[C@H]2CO[C@@H](C3CC3)CN2C1. The van der Waals surface area contributed by atoms with Gasteiger partial charge >= 0.3 is 0 Å². The lowest BCUT2D eigenvalue weighted by atomic mass is 10.1. The smallest absolute Gasteiger partial charge is 0.255 e. The third-order valence-electron chi connectivity index (χ3n) is 5.36. The molecule has 3 atom stereocenters. The Labute approximate surface area is 143 Å². The molecule has 0 spiro atoms. The number of nitrogens with zero attached hydrogens (tertiary/aromatic N) is 1. The highest BCUT2D eigenvalue weighted by atomic mass is 16.5. The molecule has 1 aromatic rings. The van der Waals surface area contributed by atoms with Crippen LogP contribution in [0.3, 0.4) is 0 Å². The van der Waals surface area contributed by atoms with Crippen LogP contribution in [0.5, 0.6) is 5.75 Å². The number of carbonyl (C=O) groups is 1. The lowest BCUT2D eigenvalue weighted by molar-refractivity contribution is -0.0581. The first-order valence-corrected chi connectivity index (χ1v) is 9.13. The number of para-hydroxylation sites is 1. The lowest BCUT2D eigenvalue weighted by Crippen LogP contribution is -2.47. The molecule has 2 heterocycles. The van der Waals surface area contributed by atoms with Gasteiger partial charge < -0.3 is 14.8 Å². The van der Waals surface area contributed by atoms with Crippen LogP contribution in [0.4, 0.5) is 0 Å². The van der Waals surface area contributed by atoms with Crippen molar-refractivity contribution >= 4 is 5.91 Å². The summed E-state index contributed by atoms with van der Waals surface area (Å²) in [6.45, 7) is 5.25.